The van der Waals surface area contributed by atoms with Gasteiger partial charge in [0.25, 0.3) is 0 Å². The summed E-state index contributed by atoms with van der Waals surface area (Å²) in [4.78, 5) is 31.5. The molecule has 0 unspecified atom stereocenters. The molecule has 2 aliphatic rings. The minimum absolute atomic E-state index is 0.0726. The summed E-state index contributed by atoms with van der Waals surface area (Å²) >= 11 is 0. The van der Waals surface area contributed by atoms with Crippen molar-refractivity contribution in [1.82, 2.24) is 14.5 Å². The second-order valence-electron chi connectivity index (χ2n) is 11.1. The van der Waals surface area contributed by atoms with Gasteiger partial charge in [0.15, 0.2) is 0 Å². The Morgan fingerprint density at radius 2 is 1.88 bits per heavy atom. The molecule has 7 nitrogen and oxygen atoms in total. The summed E-state index contributed by atoms with van der Waals surface area (Å²) in [6, 6.07) is 6.35. The number of anilines is 1. The van der Waals surface area contributed by atoms with Crippen molar-refractivity contribution >= 4 is 22.8 Å². The largest absolute Gasteiger partial charge is 0.444 e. The zero-order chi connectivity index (χ0) is 23.3. The molecule has 1 aromatic carbocycles. The third-order valence-electron chi connectivity index (χ3n) is 7.53. The fourth-order valence-corrected chi connectivity index (χ4v) is 5.87. The zero-order valence-electron chi connectivity index (χ0n) is 20.4. The molecule has 2 aromatic rings. The Morgan fingerprint density at radius 3 is 2.50 bits per heavy atom. The molecule has 0 radical (unpaired) electrons. The second kappa shape index (κ2) is 8.16. The molecule has 7 heteroatoms. The predicted octanol–water partition coefficient (Wildman–Crippen LogP) is 4.51. The number of H-pyrrole nitrogens is 1. The number of fused-ring (bicyclic) bond motifs is 1. The van der Waals surface area contributed by atoms with Gasteiger partial charge in [0.05, 0.1) is 16.7 Å². The number of amides is 1. The van der Waals surface area contributed by atoms with Gasteiger partial charge < -0.3 is 19.5 Å². The van der Waals surface area contributed by atoms with Crippen LogP contribution in [0.4, 0.5) is 10.5 Å². The van der Waals surface area contributed by atoms with Gasteiger partial charge in [0, 0.05) is 33.7 Å². The van der Waals surface area contributed by atoms with Gasteiger partial charge in [-0.3, -0.25) is 4.57 Å². The van der Waals surface area contributed by atoms with Crippen LogP contribution in [0.3, 0.4) is 0 Å². The molecule has 1 heterocycles. The standard InChI is InChI=1S/C25H38N4O3/c1-24(2,3)32-23(31)28(5)18-10-12-25(13-11-18)14-17(15-25)16-27(4)20-9-7-8-19-21(20)29(6)22(30)26-19/h7-9,17-18H,10-16H2,1-6H3,(H,26,30)/t17-,18-,25?. The number of nitrogens with zero attached hydrogens (tertiary/aromatic N) is 3. The lowest BCUT2D eigenvalue weighted by Gasteiger charge is -2.53. The summed E-state index contributed by atoms with van der Waals surface area (Å²) in [5, 5.41) is 0. The molecule has 0 saturated heterocycles. The van der Waals surface area contributed by atoms with Gasteiger partial charge in [-0.15, -0.1) is 0 Å². The highest BCUT2D eigenvalue weighted by Gasteiger charge is 2.47. The molecule has 0 atom stereocenters. The normalized spacial score (nSPS) is 25.6. The first-order chi connectivity index (χ1) is 15.0. The first-order valence-corrected chi connectivity index (χ1v) is 11.8. The monoisotopic (exact) mass is 442 g/mol. The molecule has 32 heavy (non-hydrogen) atoms. The summed E-state index contributed by atoms with van der Waals surface area (Å²) in [6.07, 6.45) is 6.79. The van der Waals surface area contributed by atoms with Crippen molar-refractivity contribution in [3.63, 3.8) is 0 Å². The van der Waals surface area contributed by atoms with E-state index in [0.717, 1.165) is 36.1 Å². The Kier molecular flexibility index (Phi) is 5.80. The third-order valence-corrected chi connectivity index (χ3v) is 7.53. The minimum atomic E-state index is -0.453. The third kappa shape index (κ3) is 4.39. The van der Waals surface area contributed by atoms with E-state index < -0.39 is 5.60 Å². The molecule has 0 bridgehead atoms. The highest BCUT2D eigenvalue weighted by molar-refractivity contribution is 5.89. The summed E-state index contributed by atoms with van der Waals surface area (Å²) in [6.45, 7) is 6.74. The highest BCUT2D eigenvalue weighted by Crippen LogP contribution is 2.55. The quantitative estimate of drug-likeness (QED) is 0.756. The molecule has 2 saturated carbocycles. The van der Waals surface area contributed by atoms with Gasteiger partial charge in [0.2, 0.25) is 0 Å². The van der Waals surface area contributed by atoms with Crippen molar-refractivity contribution in [1.29, 1.82) is 0 Å². The van der Waals surface area contributed by atoms with E-state index >= 15 is 0 Å². The van der Waals surface area contributed by atoms with Crippen LogP contribution >= 0.6 is 0 Å². The highest BCUT2D eigenvalue weighted by atomic mass is 16.6. The number of aromatic nitrogens is 2. The number of hydrogen-bond acceptors (Lipinski definition) is 4. The van der Waals surface area contributed by atoms with Gasteiger partial charge in [0.1, 0.15) is 5.60 Å². The number of carbonyl (C=O) groups is 1. The van der Waals surface area contributed by atoms with Crippen LogP contribution in [0, 0.1) is 11.3 Å². The molecule has 1 spiro atoms. The van der Waals surface area contributed by atoms with E-state index in [1.165, 1.54) is 25.7 Å². The van der Waals surface area contributed by atoms with Crippen LogP contribution in [0.1, 0.15) is 59.3 Å². The lowest BCUT2D eigenvalue weighted by atomic mass is 9.55. The number of imidazole rings is 1. The van der Waals surface area contributed by atoms with Crippen molar-refractivity contribution < 1.29 is 9.53 Å². The summed E-state index contributed by atoms with van der Waals surface area (Å²) < 4.78 is 7.25. The van der Waals surface area contributed by atoms with Crippen LogP contribution in [0.25, 0.3) is 11.0 Å². The number of aromatic amines is 1. The summed E-state index contributed by atoms with van der Waals surface area (Å²) in [7, 11) is 5.83. The molecule has 1 amide bonds. The van der Waals surface area contributed by atoms with Crippen LogP contribution in [-0.2, 0) is 11.8 Å². The van der Waals surface area contributed by atoms with Crippen molar-refractivity contribution in [2.24, 2.45) is 18.4 Å². The van der Waals surface area contributed by atoms with Crippen molar-refractivity contribution in [3.8, 4) is 0 Å². The number of benzene rings is 1. The van der Waals surface area contributed by atoms with Crippen LogP contribution in [0.5, 0.6) is 0 Å². The fraction of sp³-hybridized carbons (Fsp3) is 0.680. The molecule has 2 fully saturated rings. The number of nitrogens with one attached hydrogen (secondary N) is 1. The van der Waals surface area contributed by atoms with E-state index in [2.05, 4.69) is 23.0 Å². The zero-order valence-corrected chi connectivity index (χ0v) is 20.4. The topological polar surface area (TPSA) is 70.6 Å². The summed E-state index contributed by atoms with van der Waals surface area (Å²) in [5.74, 6) is 0.673. The number of carbonyl (C=O) groups excluding carboxylic acids is 1. The van der Waals surface area contributed by atoms with Gasteiger partial charge in [-0.2, -0.15) is 0 Å². The van der Waals surface area contributed by atoms with E-state index in [1.807, 2.05) is 51.9 Å². The maximum absolute atomic E-state index is 12.4. The fourth-order valence-electron chi connectivity index (χ4n) is 5.87. The van der Waals surface area contributed by atoms with Crippen LogP contribution in [0.15, 0.2) is 23.0 Å². The maximum Gasteiger partial charge on any atom is 0.410 e. The molecule has 0 aliphatic heterocycles. The molecule has 176 valence electrons. The molecule has 1 N–H and O–H groups in total. The van der Waals surface area contributed by atoms with E-state index in [4.69, 9.17) is 4.74 Å². The SMILES string of the molecule is CN(C[C@H]1CC2(CC[C@H](N(C)C(=O)OC(C)(C)C)CC2)C1)c1cccc2[nH]c(=O)n(C)c12. The van der Waals surface area contributed by atoms with E-state index in [0.29, 0.717) is 11.3 Å². The molecular weight excluding hydrogens is 404 g/mol. The van der Waals surface area contributed by atoms with E-state index in [9.17, 15) is 9.59 Å². The lowest BCUT2D eigenvalue weighted by molar-refractivity contribution is -0.0173. The molecule has 2 aliphatic carbocycles. The van der Waals surface area contributed by atoms with E-state index in [-0.39, 0.29) is 17.8 Å². The first-order valence-electron chi connectivity index (χ1n) is 11.8. The number of rotatable bonds is 4. The van der Waals surface area contributed by atoms with Crippen LogP contribution < -0.4 is 10.6 Å². The summed E-state index contributed by atoms with van der Waals surface area (Å²) in [5.41, 5.74) is 2.89. The van der Waals surface area contributed by atoms with E-state index in [1.54, 1.807) is 4.57 Å². The average molecular weight is 443 g/mol. The Hall–Kier alpha value is -2.44. The number of aryl methyl sites for hydroxylation is 1. The first kappa shape index (κ1) is 22.7. The molecule has 1 aromatic heterocycles. The number of ether oxygens (including phenoxy) is 1. The van der Waals surface area contributed by atoms with Crippen LogP contribution in [-0.4, -0.2) is 52.8 Å². The molecular formula is C25H38N4O3. The molecule has 4 rings (SSSR count). The Balaban J connectivity index is 1.31. The lowest BCUT2D eigenvalue weighted by Crippen LogP contribution is -2.49. The van der Waals surface area contributed by atoms with Gasteiger partial charge in [-0.1, -0.05) is 6.07 Å². The minimum Gasteiger partial charge on any atom is -0.444 e. The Bertz CT molecular complexity index is 1030. The number of hydrogen-bond donors (Lipinski definition) is 1. The van der Waals surface area contributed by atoms with Gasteiger partial charge >= 0.3 is 11.8 Å². The van der Waals surface area contributed by atoms with Gasteiger partial charge in [-0.25, -0.2) is 9.59 Å². The number of para-hydroxylation sites is 1. The maximum atomic E-state index is 12.4. The Morgan fingerprint density at radius 1 is 1.22 bits per heavy atom. The van der Waals surface area contributed by atoms with Gasteiger partial charge in [-0.05, 0) is 82.8 Å². The van der Waals surface area contributed by atoms with Crippen molar-refractivity contribution in [2.75, 3.05) is 25.5 Å². The smallest absolute Gasteiger partial charge is 0.410 e. The predicted molar refractivity (Wildman–Crippen MR) is 128 cm³/mol. The van der Waals surface area contributed by atoms with Crippen molar-refractivity contribution in [2.45, 2.75) is 70.9 Å². The van der Waals surface area contributed by atoms with Crippen LogP contribution in [0.2, 0.25) is 0 Å². The second-order valence-corrected chi connectivity index (χ2v) is 11.1. The van der Waals surface area contributed by atoms with Crippen molar-refractivity contribution in [3.05, 3.63) is 28.7 Å². The average Bonchev–Trinajstić information content (AvgIpc) is 2.99. The Labute approximate surface area is 190 Å².